The number of benzene rings is 2. The Balaban J connectivity index is 1.70. The fourth-order valence-corrected chi connectivity index (χ4v) is 4.93. The summed E-state index contributed by atoms with van der Waals surface area (Å²) in [6.07, 6.45) is 2.38. The predicted octanol–water partition coefficient (Wildman–Crippen LogP) is 4.03. The summed E-state index contributed by atoms with van der Waals surface area (Å²) in [5.74, 6) is 0. The fraction of sp³-hybridized carbons (Fsp3) is 0.350. The molecule has 1 fully saturated rings. The van der Waals surface area contributed by atoms with Crippen molar-refractivity contribution < 1.29 is 8.42 Å². The van der Waals surface area contributed by atoms with Crippen molar-refractivity contribution in [3.05, 3.63) is 60.2 Å². The molecule has 3 rings (SSSR count). The van der Waals surface area contributed by atoms with E-state index in [2.05, 4.69) is 10.5 Å². The molecular weight excluding hydrogens is 346 g/mol. The second kappa shape index (κ2) is 8.01. The molecule has 1 N–H and O–H groups in total. The zero-order valence-electron chi connectivity index (χ0n) is 15.2. The largest absolute Gasteiger partial charge is 0.279 e. The van der Waals surface area contributed by atoms with Crippen LogP contribution in [0.1, 0.15) is 31.7 Å². The number of rotatable bonds is 6. The molecule has 1 heterocycles. The molecule has 0 aliphatic carbocycles. The lowest BCUT2D eigenvalue weighted by Crippen LogP contribution is -2.36. The lowest BCUT2D eigenvalue weighted by molar-refractivity contribution is 0.394. The Morgan fingerprint density at radius 2 is 1.85 bits per heavy atom. The molecule has 1 unspecified atom stereocenters. The molecule has 138 valence electrons. The third-order valence-electron chi connectivity index (χ3n) is 4.63. The van der Waals surface area contributed by atoms with Crippen LogP contribution in [-0.2, 0) is 10.0 Å². The lowest BCUT2D eigenvalue weighted by atomic mass is 10.1. The van der Waals surface area contributed by atoms with E-state index in [1.807, 2.05) is 56.3 Å². The first-order chi connectivity index (χ1) is 12.5. The average Bonchev–Trinajstić information content (AvgIpc) is 3.10. The highest BCUT2D eigenvalue weighted by molar-refractivity contribution is 7.89. The van der Waals surface area contributed by atoms with E-state index in [0.29, 0.717) is 17.9 Å². The van der Waals surface area contributed by atoms with Gasteiger partial charge in [0.15, 0.2) is 0 Å². The van der Waals surface area contributed by atoms with Crippen LogP contribution in [0.5, 0.6) is 0 Å². The Hall–Kier alpha value is -2.18. The van der Waals surface area contributed by atoms with Crippen LogP contribution in [0.4, 0.5) is 5.69 Å². The van der Waals surface area contributed by atoms with Crippen LogP contribution < -0.4 is 5.43 Å². The number of nitrogens with one attached hydrogen (secondary N) is 1. The summed E-state index contributed by atoms with van der Waals surface area (Å²) >= 11 is 0. The number of anilines is 1. The van der Waals surface area contributed by atoms with Crippen LogP contribution in [0, 0.1) is 6.92 Å². The van der Waals surface area contributed by atoms with Gasteiger partial charge in [-0.2, -0.15) is 9.41 Å². The summed E-state index contributed by atoms with van der Waals surface area (Å²) in [7, 11) is -3.46. The van der Waals surface area contributed by atoms with Crippen LogP contribution in [0.3, 0.4) is 0 Å². The van der Waals surface area contributed by atoms with Crippen molar-refractivity contribution in [1.82, 2.24) is 4.31 Å². The van der Waals surface area contributed by atoms with E-state index >= 15 is 0 Å². The van der Waals surface area contributed by atoms with Gasteiger partial charge in [0.2, 0.25) is 10.0 Å². The van der Waals surface area contributed by atoms with E-state index in [9.17, 15) is 8.42 Å². The second-order valence-corrected chi connectivity index (χ2v) is 8.64. The van der Waals surface area contributed by atoms with Gasteiger partial charge in [0.1, 0.15) is 0 Å². The SMILES string of the molecule is C/C(CC1CCCN1S(=O)(=O)c1ccc(C)cc1)=N\Nc1ccccc1. The monoisotopic (exact) mass is 371 g/mol. The molecular formula is C20H25N3O2S. The van der Waals surface area contributed by atoms with Gasteiger partial charge in [-0.25, -0.2) is 8.42 Å². The molecule has 0 aromatic heterocycles. The summed E-state index contributed by atoms with van der Waals surface area (Å²) in [6, 6.07) is 16.8. The van der Waals surface area contributed by atoms with Gasteiger partial charge in [0.25, 0.3) is 0 Å². The van der Waals surface area contributed by atoms with Crippen molar-refractivity contribution in [3.8, 4) is 0 Å². The van der Waals surface area contributed by atoms with Gasteiger partial charge in [-0.05, 0) is 51.0 Å². The Labute approximate surface area is 155 Å². The summed E-state index contributed by atoms with van der Waals surface area (Å²) in [6.45, 7) is 4.46. The number of para-hydroxylation sites is 1. The van der Waals surface area contributed by atoms with E-state index in [4.69, 9.17) is 0 Å². The fourth-order valence-electron chi connectivity index (χ4n) is 3.23. The van der Waals surface area contributed by atoms with Gasteiger partial charge in [-0.15, -0.1) is 0 Å². The minimum absolute atomic E-state index is 0.0392. The normalized spacial score (nSPS) is 18.8. The number of nitrogens with zero attached hydrogens (tertiary/aromatic N) is 2. The Morgan fingerprint density at radius 3 is 2.54 bits per heavy atom. The predicted molar refractivity (Wildman–Crippen MR) is 106 cm³/mol. The summed E-state index contributed by atoms with van der Waals surface area (Å²) in [4.78, 5) is 0.368. The molecule has 26 heavy (non-hydrogen) atoms. The van der Waals surface area contributed by atoms with Crippen LogP contribution in [0.2, 0.25) is 0 Å². The topological polar surface area (TPSA) is 61.8 Å². The van der Waals surface area contributed by atoms with E-state index in [-0.39, 0.29) is 6.04 Å². The van der Waals surface area contributed by atoms with Crippen molar-refractivity contribution in [2.45, 2.75) is 44.0 Å². The number of hydrazone groups is 1. The zero-order valence-corrected chi connectivity index (χ0v) is 16.0. The van der Waals surface area contributed by atoms with Crippen LogP contribution in [0.15, 0.2) is 64.6 Å². The molecule has 1 aliphatic rings. The standard InChI is InChI=1S/C20H25N3O2S/c1-16-10-12-20(13-11-16)26(24,25)23-14-6-9-19(23)15-17(2)21-22-18-7-4-3-5-8-18/h3-5,7-8,10-13,19,22H,6,9,14-15H2,1-2H3/b21-17+. The van der Waals surface area contributed by atoms with Gasteiger partial charge in [-0.1, -0.05) is 35.9 Å². The quantitative estimate of drug-likeness (QED) is 0.616. The number of hydrogen-bond donors (Lipinski definition) is 1. The molecule has 0 radical (unpaired) electrons. The molecule has 1 aliphatic heterocycles. The maximum absolute atomic E-state index is 13.0. The number of sulfonamides is 1. The molecule has 2 aromatic rings. The Kier molecular flexibility index (Phi) is 5.74. The molecule has 0 saturated carbocycles. The van der Waals surface area contributed by atoms with Gasteiger partial charge >= 0.3 is 0 Å². The molecule has 2 aromatic carbocycles. The van der Waals surface area contributed by atoms with Gasteiger partial charge in [-0.3, -0.25) is 5.43 Å². The Bertz CT molecular complexity index is 862. The number of aryl methyl sites for hydroxylation is 1. The summed E-state index contributed by atoms with van der Waals surface area (Å²) in [5.41, 5.74) is 5.89. The van der Waals surface area contributed by atoms with Crippen LogP contribution >= 0.6 is 0 Å². The minimum atomic E-state index is -3.46. The smallest absolute Gasteiger partial charge is 0.243 e. The highest BCUT2D eigenvalue weighted by atomic mass is 32.2. The second-order valence-electron chi connectivity index (χ2n) is 6.75. The van der Waals surface area contributed by atoms with Gasteiger partial charge in [0.05, 0.1) is 10.6 Å². The van der Waals surface area contributed by atoms with Crippen LogP contribution in [0.25, 0.3) is 0 Å². The summed E-state index contributed by atoms with van der Waals surface area (Å²) < 4.78 is 27.6. The van der Waals surface area contributed by atoms with Crippen molar-refractivity contribution in [2.75, 3.05) is 12.0 Å². The van der Waals surface area contributed by atoms with Gasteiger partial charge < -0.3 is 0 Å². The first-order valence-electron chi connectivity index (χ1n) is 8.89. The highest BCUT2D eigenvalue weighted by Crippen LogP contribution is 2.28. The van der Waals surface area contributed by atoms with E-state index < -0.39 is 10.0 Å². The zero-order chi connectivity index (χ0) is 18.6. The highest BCUT2D eigenvalue weighted by Gasteiger charge is 2.35. The first-order valence-corrected chi connectivity index (χ1v) is 10.3. The maximum Gasteiger partial charge on any atom is 0.243 e. The lowest BCUT2D eigenvalue weighted by Gasteiger charge is -2.24. The minimum Gasteiger partial charge on any atom is -0.279 e. The third-order valence-corrected chi connectivity index (χ3v) is 6.60. The molecule has 0 spiro atoms. The molecule has 6 heteroatoms. The van der Waals surface area contributed by atoms with E-state index in [1.54, 1.807) is 16.4 Å². The molecule has 0 bridgehead atoms. The first kappa shape index (κ1) is 18.6. The van der Waals surface area contributed by atoms with E-state index in [1.165, 1.54) is 0 Å². The van der Waals surface area contributed by atoms with Crippen LogP contribution in [-0.4, -0.2) is 31.0 Å². The average molecular weight is 372 g/mol. The van der Waals surface area contributed by atoms with Crippen molar-refractivity contribution in [2.24, 2.45) is 5.10 Å². The number of hydrogen-bond acceptors (Lipinski definition) is 4. The molecule has 1 atom stereocenters. The van der Waals surface area contributed by atoms with E-state index in [0.717, 1.165) is 29.8 Å². The Morgan fingerprint density at radius 1 is 1.15 bits per heavy atom. The molecule has 5 nitrogen and oxygen atoms in total. The summed E-state index contributed by atoms with van der Waals surface area (Å²) in [5, 5.41) is 4.40. The molecule has 1 saturated heterocycles. The van der Waals surface area contributed by atoms with Crippen molar-refractivity contribution in [1.29, 1.82) is 0 Å². The third kappa shape index (κ3) is 4.31. The molecule has 0 amide bonds. The van der Waals surface area contributed by atoms with Gasteiger partial charge in [0, 0.05) is 24.7 Å². The van der Waals surface area contributed by atoms with Crippen molar-refractivity contribution in [3.63, 3.8) is 0 Å². The maximum atomic E-state index is 13.0. The van der Waals surface area contributed by atoms with Crippen molar-refractivity contribution >= 4 is 21.4 Å².